The van der Waals surface area contributed by atoms with E-state index in [1.54, 1.807) is 11.3 Å². The average molecular weight is 262 g/mol. The number of thiazole rings is 1. The van der Waals surface area contributed by atoms with Crippen LogP contribution in [0.1, 0.15) is 23.7 Å². The Labute approximate surface area is 109 Å². The molecule has 0 saturated heterocycles. The fourth-order valence-electron chi connectivity index (χ4n) is 1.77. The minimum Gasteiger partial charge on any atom is -0.481 e. The van der Waals surface area contributed by atoms with Crippen molar-refractivity contribution in [2.75, 3.05) is 0 Å². The summed E-state index contributed by atoms with van der Waals surface area (Å²) in [6.45, 7) is 1.97. The molecule has 1 atom stereocenters. The van der Waals surface area contributed by atoms with Crippen LogP contribution in [0.2, 0.25) is 0 Å². The molecule has 0 aliphatic rings. The molecule has 2 aromatic rings. The number of carbonyl (C=O) groups is 1. The lowest BCUT2D eigenvalue weighted by molar-refractivity contribution is -0.137. The molecule has 94 valence electrons. The van der Waals surface area contributed by atoms with Crippen molar-refractivity contribution >= 4 is 17.3 Å². The molecule has 1 aromatic carbocycles. The average Bonchev–Trinajstić information content (AvgIpc) is 2.75. The van der Waals surface area contributed by atoms with E-state index in [9.17, 15) is 4.79 Å². The van der Waals surface area contributed by atoms with Gasteiger partial charge < -0.3 is 10.8 Å². The quantitative estimate of drug-likeness (QED) is 0.888. The van der Waals surface area contributed by atoms with Crippen LogP contribution in [-0.4, -0.2) is 16.1 Å². The zero-order valence-electron chi connectivity index (χ0n) is 9.96. The summed E-state index contributed by atoms with van der Waals surface area (Å²) in [6, 6.07) is 7.21. The number of benzene rings is 1. The Bertz CT molecular complexity index is 548. The Balaban J connectivity index is 2.20. The summed E-state index contributed by atoms with van der Waals surface area (Å²) in [6.07, 6.45) is -0.0566. The van der Waals surface area contributed by atoms with Crippen LogP contribution in [0.15, 0.2) is 29.8 Å². The third-order valence-corrected chi connectivity index (χ3v) is 3.72. The predicted octanol–water partition coefficient (Wildman–Crippen LogP) is 2.59. The van der Waals surface area contributed by atoms with Gasteiger partial charge in [-0.1, -0.05) is 24.3 Å². The van der Waals surface area contributed by atoms with E-state index in [2.05, 4.69) is 4.98 Å². The number of rotatable bonds is 4. The fourth-order valence-corrected chi connectivity index (χ4v) is 2.58. The molecule has 2 rings (SSSR count). The molecule has 0 unspecified atom stereocenters. The summed E-state index contributed by atoms with van der Waals surface area (Å²) < 4.78 is 0. The lowest BCUT2D eigenvalue weighted by Crippen LogP contribution is -2.14. The number of hydrogen-bond donors (Lipinski definition) is 2. The summed E-state index contributed by atoms with van der Waals surface area (Å²) in [5.41, 5.74) is 10.5. The van der Waals surface area contributed by atoms with E-state index in [4.69, 9.17) is 10.8 Å². The van der Waals surface area contributed by atoms with Gasteiger partial charge in [-0.3, -0.25) is 4.79 Å². The maximum absolute atomic E-state index is 10.6. The Morgan fingerprint density at radius 2 is 2.11 bits per heavy atom. The van der Waals surface area contributed by atoms with Gasteiger partial charge >= 0.3 is 5.97 Å². The highest BCUT2D eigenvalue weighted by atomic mass is 32.1. The van der Waals surface area contributed by atoms with E-state index in [1.165, 1.54) is 0 Å². The molecule has 18 heavy (non-hydrogen) atoms. The molecule has 5 heteroatoms. The first kappa shape index (κ1) is 12.7. The Morgan fingerprint density at radius 1 is 1.44 bits per heavy atom. The van der Waals surface area contributed by atoms with E-state index in [0.29, 0.717) is 0 Å². The second-order valence-corrected chi connectivity index (χ2v) is 4.95. The van der Waals surface area contributed by atoms with Crippen molar-refractivity contribution in [3.63, 3.8) is 0 Å². The Kier molecular flexibility index (Phi) is 3.74. The molecule has 4 nitrogen and oxygen atoms in total. The van der Waals surface area contributed by atoms with Crippen molar-refractivity contribution in [3.8, 4) is 10.4 Å². The maximum Gasteiger partial charge on any atom is 0.305 e. The van der Waals surface area contributed by atoms with Gasteiger partial charge in [0.15, 0.2) is 0 Å². The van der Waals surface area contributed by atoms with E-state index < -0.39 is 12.0 Å². The summed E-state index contributed by atoms with van der Waals surface area (Å²) in [7, 11) is 0. The Hall–Kier alpha value is -1.72. The van der Waals surface area contributed by atoms with Crippen molar-refractivity contribution in [1.29, 1.82) is 0 Å². The molecule has 0 fully saturated rings. The normalized spacial score (nSPS) is 12.3. The minimum absolute atomic E-state index is 0.0566. The number of carboxylic acids is 1. The first-order valence-electron chi connectivity index (χ1n) is 5.55. The number of hydrogen-bond acceptors (Lipinski definition) is 4. The van der Waals surface area contributed by atoms with Gasteiger partial charge in [-0.15, -0.1) is 11.3 Å². The van der Waals surface area contributed by atoms with Gasteiger partial charge in [-0.25, -0.2) is 4.98 Å². The largest absolute Gasteiger partial charge is 0.481 e. The van der Waals surface area contributed by atoms with Crippen LogP contribution in [-0.2, 0) is 4.79 Å². The lowest BCUT2D eigenvalue weighted by Gasteiger charge is -2.09. The van der Waals surface area contributed by atoms with Crippen LogP contribution in [0.4, 0.5) is 0 Å². The van der Waals surface area contributed by atoms with Gasteiger partial charge in [-0.05, 0) is 18.1 Å². The molecule has 1 aromatic heterocycles. The lowest BCUT2D eigenvalue weighted by atomic mass is 10.0. The molecule has 3 N–H and O–H groups in total. The molecule has 0 bridgehead atoms. The Morgan fingerprint density at radius 3 is 2.61 bits per heavy atom. The van der Waals surface area contributed by atoms with Crippen molar-refractivity contribution in [2.24, 2.45) is 5.73 Å². The molecular formula is C13H14N2O2S. The molecule has 0 amide bonds. The van der Waals surface area contributed by atoms with Gasteiger partial charge in [-0.2, -0.15) is 0 Å². The van der Waals surface area contributed by atoms with Gasteiger partial charge in [0.2, 0.25) is 0 Å². The number of nitrogens with zero attached hydrogens (tertiary/aromatic N) is 1. The second-order valence-electron chi connectivity index (χ2n) is 4.09. The van der Waals surface area contributed by atoms with Crippen LogP contribution in [0.3, 0.4) is 0 Å². The van der Waals surface area contributed by atoms with Crippen LogP contribution >= 0.6 is 11.3 Å². The molecule has 0 aliphatic carbocycles. The zero-order valence-corrected chi connectivity index (χ0v) is 10.8. The van der Waals surface area contributed by atoms with Gasteiger partial charge in [0, 0.05) is 6.04 Å². The molecule has 0 radical (unpaired) electrons. The zero-order chi connectivity index (χ0) is 13.1. The van der Waals surface area contributed by atoms with Gasteiger partial charge in [0.25, 0.3) is 0 Å². The summed E-state index contributed by atoms with van der Waals surface area (Å²) in [5.74, 6) is -0.884. The first-order chi connectivity index (χ1) is 8.58. The smallest absolute Gasteiger partial charge is 0.305 e. The number of aryl methyl sites for hydroxylation is 1. The maximum atomic E-state index is 10.6. The fraction of sp³-hybridized carbons (Fsp3) is 0.231. The van der Waals surface area contributed by atoms with E-state index in [-0.39, 0.29) is 6.42 Å². The standard InChI is InChI=1S/C13H14N2O2S/c1-8-13(18-7-15-8)10-4-2-9(3-5-10)11(14)6-12(16)17/h2-5,7,11H,6,14H2,1H3,(H,16,17)/t11-/m0/s1. The molecule has 0 aliphatic heterocycles. The van der Waals surface area contributed by atoms with E-state index in [1.807, 2.05) is 36.7 Å². The molecule has 1 heterocycles. The number of aromatic nitrogens is 1. The second kappa shape index (κ2) is 5.29. The van der Waals surface area contributed by atoms with E-state index in [0.717, 1.165) is 21.7 Å². The van der Waals surface area contributed by atoms with Crippen LogP contribution in [0, 0.1) is 6.92 Å². The number of nitrogens with two attached hydrogens (primary N) is 1. The first-order valence-corrected chi connectivity index (χ1v) is 6.43. The predicted molar refractivity (Wildman–Crippen MR) is 71.5 cm³/mol. The number of carboxylic acid groups (broad SMARTS) is 1. The van der Waals surface area contributed by atoms with Gasteiger partial charge in [0.05, 0.1) is 22.5 Å². The van der Waals surface area contributed by atoms with Crippen LogP contribution in [0.25, 0.3) is 10.4 Å². The summed E-state index contributed by atoms with van der Waals surface area (Å²) in [4.78, 5) is 15.9. The van der Waals surface area contributed by atoms with Crippen molar-refractivity contribution in [3.05, 3.63) is 41.0 Å². The minimum atomic E-state index is -0.884. The number of aliphatic carboxylic acids is 1. The SMILES string of the molecule is Cc1ncsc1-c1ccc([C@@H](N)CC(=O)O)cc1. The highest BCUT2D eigenvalue weighted by molar-refractivity contribution is 7.13. The van der Waals surface area contributed by atoms with Crippen LogP contribution < -0.4 is 5.73 Å². The third kappa shape index (κ3) is 2.75. The van der Waals surface area contributed by atoms with Crippen molar-refractivity contribution in [2.45, 2.75) is 19.4 Å². The van der Waals surface area contributed by atoms with E-state index >= 15 is 0 Å². The van der Waals surface area contributed by atoms with Crippen LogP contribution in [0.5, 0.6) is 0 Å². The molecule has 0 spiro atoms. The third-order valence-electron chi connectivity index (χ3n) is 2.74. The molecular weight excluding hydrogens is 248 g/mol. The highest BCUT2D eigenvalue weighted by Crippen LogP contribution is 2.28. The molecule has 0 saturated carbocycles. The summed E-state index contributed by atoms with van der Waals surface area (Å²) in [5, 5.41) is 8.70. The highest BCUT2D eigenvalue weighted by Gasteiger charge is 2.11. The monoisotopic (exact) mass is 262 g/mol. The summed E-state index contributed by atoms with van der Waals surface area (Å²) >= 11 is 1.59. The van der Waals surface area contributed by atoms with Crippen molar-refractivity contribution < 1.29 is 9.90 Å². The van der Waals surface area contributed by atoms with Crippen molar-refractivity contribution in [1.82, 2.24) is 4.98 Å². The van der Waals surface area contributed by atoms with Gasteiger partial charge in [0.1, 0.15) is 0 Å². The topological polar surface area (TPSA) is 76.2 Å².